The summed E-state index contributed by atoms with van der Waals surface area (Å²) >= 11 is 5.35. The van der Waals surface area contributed by atoms with Crippen molar-refractivity contribution < 1.29 is 9.90 Å². The van der Waals surface area contributed by atoms with Gasteiger partial charge >= 0.3 is 5.97 Å². The molecule has 0 aliphatic carbocycles. The molecule has 0 rings (SSSR count). The molecular weight excluding hydrogens is 152 g/mol. The molecular formula is C7H11ClO2. The van der Waals surface area contributed by atoms with Crippen molar-refractivity contribution in [1.29, 1.82) is 0 Å². The van der Waals surface area contributed by atoms with Crippen LogP contribution in [0.5, 0.6) is 0 Å². The van der Waals surface area contributed by atoms with Crippen LogP contribution < -0.4 is 0 Å². The largest absolute Gasteiger partial charge is 0.481 e. The molecule has 58 valence electrons. The first kappa shape index (κ1) is 9.50. The van der Waals surface area contributed by atoms with Crippen LogP contribution in [-0.4, -0.2) is 11.1 Å². The van der Waals surface area contributed by atoms with Crippen molar-refractivity contribution in [2.45, 2.75) is 20.3 Å². The van der Waals surface area contributed by atoms with E-state index in [1.807, 2.05) is 6.92 Å². The highest BCUT2D eigenvalue weighted by molar-refractivity contribution is 6.25. The minimum absolute atomic E-state index is 0.338. The first-order valence-electron chi connectivity index (χ1n) is 3.06. The fourth-order valence-electron chi connectivity index (χ4n) is 0.615. The van der Waals surface area contributed by atoms with Gasteiger partial charge in [-0.3, -0.25) is 4.79 Å². The zero-order valence-electron chi connectivity index (χ0n) is 6.10. The Morgan fingerprint density at radius 2 is 2.30 bits per heavy atom. The molecule has 1 atom stereocenters. The number of hydrogen-bond donors (Lipinski definition) is 1. The Labute approximate surface area is 65.5 Å². The Morgan fingerprint density at radius 3 is 2.60 bits per heavy atom. The zero-order chi connectivity index (χ0) is 8.15. The molecule has 0 radical (unpaired) electrons. The van der Waals surface area contributed by atoms with Crippen LogP contribution in [0.4, 0.5) is 0 Å². The van der Waals surface area contributed by atoms with Crippen LogP contribution in [0.1, 0.15) is 20.3 Å². The predicted octanol–water partition coefficient (Wildman–Crippen LogP) is 2.24. The van der Waals surface area contributed by atoms with Crippen molar-refractivity contribution in [1.82, 2.24) is 0 Å². The summed E-state index contributed by atoms with van der Waals surface area (Å²) in [6, 6.07) is 0. The van der Waals surface area contributed by atoms with Crippen LogP contribution in [0.3, 0.4) is 0 Å². The van der Waals surface area contributed by atoms with E-state index in [0.29, 0.717) is 6.42 Å². The first-order chi connectivity index (χ1) is 4.57. The van der Waals surface area contributed by atoms with Gasteiger partial charge in [-0.1, -0.05) is 24.1 Å². The van der Waals surface area contributed by atoms with Gasteiger partial charge in [-0.2, -0.15) is 0 Å². The van der Waals surface area contributed by atoms with E-state index in [1.54, 1.807) is 6.92 Å². The van der Waals surface area contributed by atoms with Gasteiger partial charge in [-0.15, -0.1) is 0 Å². The highest BCUT2D eigenvalue weighted by Gasteiger charge is 2.10. The molecule has 0 aromatic rings. The van der Waals surface area contributed by atoms with Crippen molar-refractivity contribution >= 4 is 17.6 Å². The lowest BCUT2D eigenvalue weighted by Crippen LogP contribution is -2.09. The van der Waals surface area contributed by atoms with Gasteiger partial charge in [-0.05, 0) is 13.3 Å². The van der Waals surface area contributed by atoms with Gasteiger partial charge in [0.25, 0.3) is 0 Å². The van der Waals surface area contributed by atoms with Crippen LogP contribution in [0, 0.1) is 5.92 Å². The van der Waals surface area contributed by atoms with E-state index in [0.717, 1.165) is 5.57 Å². The fourth-order valence-corrected chi connectivity index (χ4v) is 0.704. The van der Waals surface area contributed by atoms with Gasteiger partial charge in [0, 0.05) is 5.54 Å². The lowest BCUT2D eigenvalue weighted by Gasteiger charge is -2.03. The molecule has 0 aliphatic heterocycles. The Hall–Kier alpha value is -0.500. The second-order valence-electron chi connectivity index (χ2n) is 2.40. The first-order valence-corrected chi connectivity index (χ1v) is 3.50. The number of carboxylic acid groups (broad SMARTS) is 1. The quantitative estimate of drug-likeness (QED) is 0.691. The molecule has 0 fully saturated rings. The summed E-state index contributed by atoms with van der Waals surface area (Å²) in [5, 5.41) is 8.46. The maximum absolute atomic E-state index is 10.3. The Kier molecular flexibility index (Phi) is 4.12. The molecule has 0 saturated carbocycles. The van der Waals surface area contributed by atoms with E-state index >= 15 is 0 Å². The lowest BCUT2D eigenvalue weighted by molar-refractivity contribution is -0.141. The van der Waals surface area contributed by atoms with Crippen molar-refractivity contribution in [3.05, 3.63) is 11.1 Å². The topological polar surface area (TPSA) is 37.3 Å². The van der Waals surface area contributed by atoms with Crippen molar-refractivity contribution in [2.75, 3.05) is 0 Å². The van der Waals surface area contributed by atoms with Gasteiger partial charge in [0.15, 0.2) is 0 Å². The van der Waals surface area contributed by atoms with Crippen LogP contribution in [-0.2, 0) is 4.79 Å². The molecule has 0 aromatic heterocycles. The monoisotopic (exact) mass is 162 g/mol. The Balaban J connectivity index is 3.80. The standard InChI is InChI=1S/C7H11ClO2/c1-5(4-8)3-6(2)7(9)10/h4,6H,3H2,1-2H3,(H,9,10). The maximum Gasteiger partial charge on any atom is 0.306 e. The van der Waals surface area contributed by atoms with E-state index in [1.165, 1.54) is 5.54 Å². The van der Waals surface area contributed by atoms with Gasteiger partial charge < -0.3 is 5.11 Å². The van der Waals surface area contributed by atoms with E-state index in [-0.39, 0.29) is 5.92 Å². The molecule has 2 nitrogen and oxygen atoms in total. The van der Waals surface area contributed by atoms with E-state index < -0.39 is 5.97 Å². The van der Waals surface area contributed by atoms with Crippen molar-refractivity contribution in [3.8, 4) is 0 Å². The molecule has 0 amide bonds. The fraction of sp³-hybridized carbons (Fsp3) is 0.571. The maximum atomic E-state index is 10.3. The number of carbonyl (C=O) groups is 1. The number of hydrogen-bond acceptors (Lipinski definition) is 1. The summed E-state index contributed by atoms with van der Waals surface area (Å²) in [6.07, 6.45) is 0.527. The molecule has 0 spiro atoms. The summed E-state index contributed by atoms with van der Waals surface area (Å²) in [7, 11) is 0. The molecule has 1 N–H and O–H groups in total. The molecule has 3 heteroatoms. The summed E-state index contributed by atoms with van der Waals surface area (Å²) in [5.74, 6) is -1.12. The average molecular weight is 163 g/mol. The number of carboxylic acids is 1. The van der Waals surface area contributed by atoms with Gasteiger partial charge in [-0.25, -0.2) is 0 Å². The van der Waals surface area contributed by atoms with Crippen LogP contribution in [0.25, 0.3) is 0 Å². The van der Waals surface area contributed by atoms with E-state index in [4.69, 9.17) is 16.7 Å². The second kappa shape index (κ2) is 4.34. The summed E-state index contributed by atoms with van der Waals surface area (Å²) in [6.45, 7) is 3.47. The van der Waals surface area contributed by atoms with Gasteiger partial charge in [0.1, 0.15) is 0 Å². The molecule has 0 aliphatic rings. The third-order valence-electron chi connectivity index (χ3n) is 1.24. The second-order valence-corrected chi connectivity index (χ2v) is 2.62. The third-order valence-corrected chi connectivity index (χ3v) is 1.61. The zero-order valence-corrected chi connectivity index (χ0v) is 6.85. The lowest BCUT2D eigenvalue weighted by atomic mass is 10.0. The van der Waals surface area contributed by atoms with Gasteiger partial charge in [0.05, 0.1) is 5.92 Å². The van der Waals surface area contributed by atoms with Crippen LogP contribution in [0.15, 0.2) is 11.1 Å². The number of halogens is 1. The average Bonchev–Trinajstić information content (AvgIpc) is 1.87. The highest BCUT2D eigenvalue weighted by atomic mass is 35.5. The van der Waals surface area contributed by atoms with Crippen LogP contribution >= 0.6 is 11.6 Å². The molecule has 0 saturated heterocycles. The summed E-state index contributed by atoms with van der Waals surface area (Å²) in [4.78, 5) is 10.3. The Morgan fingerprint density at radius 1 is 1.80 bits per heavy atom. The van der Waals surface area contributed by atoms with Crippen molar-refractivity contribution in [3.63, 3.8) is 0 Å². The number of aliphatic carboxylic acids is 1. The Bertz CT molecular complexity index is 152. The highest BCUT2D eigenvalue weighted by Crippen LogP contribution is 2.11. The number of allylic oxidation sites excluding steroid dienone is 1. The molecule has 0 heterocycles. The summed E-state index contributed by atoms with van der Waals surface area (Å²) < 4.78 is 0. The minimum atomic E-state index is -0.780. The van der Waals surface area contributed by atoms with Crippen molar-refractivity contribution in [2.24, 2.45) is 5.92 Å². The minimum Gasteiger partial charge on any atom is -0.481 e. The van der Waals surface area contributed by atoms with Gasteiger partial charge in [0.2, 0.25) is 0 Å². The molecule has 0 bridgehead atoms. The molecule has 0 aromatic carbocycles. The molecule has 10 heavy (non-hydrogen) atoms. The SMILES string of the molecule is CC(=CCl)CC(C)C(=O)O. The normalized spacial score (nSPS) is 14.9. The van der Waals surface area contributed by atoms with E-state index in [2.05, 4.69) is 0 Å². The molecule has 1 unspecified atom stereocenters. The van der Waals surface area contributed by atoms with Crippen LogP contribution in [0.2, 0.25) is 0 Å². The smallest absolute Gasteiger partial charge is 0.306 e. The summed E-state index contributed by atoms with van der Waals surface area (Å²) in [5.41, 5.74) is 2.32. The number of rotatable bonds is 3. The predicted molar refractivity (Wildman–Crippen MR) is 41.0 cm³/mol. The van der Waals surface area contributed by atoms with E-state index in [9.17, 15) is 4.79 Å². The third kappa shape index (κ3) is 3.51.